The topological polar surface area (TPSA) is 41.3 Å². The van der Waals surface area contributed by atoms with Crippen molar-refractivity contribution in [3.63, 3.8) is 0 Å². The van der Waals surface area contributed by atoms with Gasteiger partial charge in [0.1, 0.15) is 5.82 Å². The Morgan fingerprint density at radius 2 is 2.16 bits per heavy atom. The van der Waals surface area contributed by atoms with Crippen LogP contribution in [0.25, 0.3) is 0 Å². The number of imidazole rings is 1. The van der Waals surface area contributed by atoms with E-state index in [2.05, 4.69) is 22.6 Å². The summed E-state index contributed by atoms with van der Waals surface area (Å²) >= 11 is 0. The number of aliphatic hydroxyl groups excluding tert-OH is 1. The summed E-state index contributed by atoms with van der Waals surface area (Å²) in [5, 5.41) is 9.45. The summed E-state index contributed by atoms with van der Waals surface area (Å²) < 4.78 is 2.27. The van der Waals surface area contributed by atoms with Gasteiger partial charge in [0.2, 0.25) is 0 Å². The lowest BCUT2D eigenvalue weighted by Crippen LogP contribution is -2.30. The van der Waals surface area contributed by atoms with Crippen molar-refractivity contribution in [2.75, 3.05) is 19.7 Å². The van der Waals surface area contributed by atoms with Gasteiger partial charge < -0.3 is 14.6 Å². The molecule has 106 valence electrons. The standard InChI is InChI=1S/C15H25N3O/c1-2-17-7-4-6-14(17)9-13-10-18-8-3-5-12(11-19)15(18)16-13/h10,12,14,19H,2-9,11H2,1H3. The molecule has 1 fully saturated rings. The molecule has 2 aliphatic heterocycles. The van der Waals surface area contributed by atoms with Gasteiger partial charge in [0.05, 0.1) is 12.3 Å². The number of aryl methyl sites for hydroxylation is 1. The van der Waals surface area contributed by atoms with Gasteiger partial charge in [-0.1, -0.05) is 6.92 Å². The van der Waals surface area contributed by atoms with E-state index in [4.69, 9.17) is 4.98 Å². The molecule has 0 aromatic carbocycles. The first-order valence-corrected chi connectivity index (χ1v) is 7.72. The van der Waals surface area contributed by atoms with E-state index in [9.17, 15) is 5.11 Å². The molecule has 2 atom stereocenters. The molecule has 2 aliphatic rings. The van der Waals surface area contributed by atoms with E-state index in [0.717, 1.165) is 31.8 Å². The first-order chi connectivity index (χ1) is 9.31. The maximum atomic E-state index is 9.45. The molecule has 4 heteroatoms. The fourth-order valence-corrected chi connectivity index (χ4v) is 3.68. The minimum atomic E-state index is 0.237. The molecule has 3 rings (SSSR count). The van der Waals surface area contributed by atoms with Crippen molar-refractivity contribution in [1.82, 2.24) is 14.5 Å². The van der Waals surface area contributed by atoms with Crippen LogP contribution in [0.2, 0.25) is 0 Å². The maximum Gasteiger partial charge on any atom is 0.114 e. The van der Waals surface area contributed by atoms with Gasteiger partial charge in [-0.15, -0.1) is 0 Å². The molecule has 1 saturated heterocycles. The summed E-state index contributed by atoms with van der Waals surface area (Å²) in [6, 6.07) is 0.675. The van der Waals surface area contributed by atoms with Crippen LogP contribution in [0.15, 0.2) is 6.20 Å². The minimum Gasteiger partial charge on any atom is -0.396 e. The van der Waals surface area contributed by atoms with Gasteiger partial charge in [0.25, 0.3) is 0 Å². The number of likely N-dealkylation sites (tertiary alicyclic amines) is 1. The molecule has 0 bridgehead atoms. The Hall–Kier alpha value is -0.870. The summed E-state index contributed by atoms with van der Waals surface area (Å²) in [6.45, 7) is 5.95. The molecule has 1 aromatic heterocycles. The predicted molar refractivity (Wildman–Crippen MR) is 75.3 cm³/mol. The highest BCUT2D eigenvalue weighted by Crippen LogP contribution is 2.27. The second-order valence-corrected chi connectivity index (χ2v) is 5.93. The lowest BCUT2D eigenvalue weighted by atomic mass is 10.0. The lowest BCUT2D eigenvalue weighted by molar-refractivity contribution is 0.237. The zero-order valence-electron chi connectivity index (χ0n) is 11.9. The predicted octanol–water partition coefficient (Wildman–Crippen LogP) is 1.78. The van der Waals surface area contributed by atoms with Crippen molar-refractivity contribution in [3.05, 3.63) is 17.7 Å². The molecular formula is C15H25N3O. The average molecular weight is 263 g/mol. The van der Waals surface area contributed by atoms with E-state index in [0.29, 0.717) is 6.04 Å². The number of likely N-dealkylation sites (N-methyl/N-ethyl adjacent to an activating group) is 1. The van der Waals surface area contributed by atoms with Crippen LogP contribution in [-0.4, -0.2) is 45.3 Å². The quantitative estimate of drug-likeness (QED) is 0.900. The Morgan fingerprint density at radius 3 is 2.95 bits per heavy atom. The number of fused-ring (bicyclic) bond motifs is 1. The van der Waals surface area contributed by atoms with E-state index in [-0.39, 0.29) is 12.5 Å². The minimum absolute atomic E-state index is 0.237. The van der Waals surface area contributed by atoms with Crippen molar-refractivity contribution in [1.29, 1.82) is 0 Å². The first kappa shape index (κ1) is 13.1. The highest BCUT2D eigenvalue weighted by molar-refractivity contribution is 5.12. The number of hydrogen-bond acceptors (Lipinski definition) is 3. The highest BCUT2D eigenvalue weighted by atomic mass is 16.3. The molecule has 2 unspecified atom stereocenters. The average Bonchev–Trinajstić information content (AvgIpc) is 3.04. The Kier molecular flexibility index (Phi) is 3.89. The Morgan fingerprint density at radius 1 is 1.32 bits per heavy atom. The monoisotopic (exact) mass is 263 g/mol. The third kappa shape index (κ3) is 2.56. The van der Waals surface area contributed by atoms with Crippen molar-refractivity contribution in [2.24, 2.45) is 0 Å². The Balaban J connectivity index is 1.74. The third-order valence-corrected chi connectivity index (χ3v) is 4.74. The van der Waals surface area contributed by atoms with Crippen LogP contribution in [0.1, 0.15) is 50.0 Å². The van der Waals surface area contributed by atoms with Gasteiger partial charge in [0.15, 0.2) is 0 Å². The molecular weight excluding hydrogens is 238 g/mol. The van der Waals surface area contributed by atoms with Crippen LogP contribution in [0.5, 0.6) is 0 Å². The largest absolute Gasteiger partial charge is 0.396 e. The van der Waals surface area contributed by atoms with Crippen molar-refractivity contribution < 1.29 is 5.11 Å². The molecule has 3 heterocycles. The van der Waals surface area contributed by atoms with Crippen LogP contribution in [-0.2, 0) is 13.0 Å². The van der Waals surface area contributed by atoms with Crippen LogP contribution in [0, 0.1) is 0 Å². The van der Waals surface area contributed by atoms with Gasteiger partial charge >= 0.3 is 0 Å². The second kappa shape index (κ2) is 5.63. The summed E-state index contributed by atoms with van der Waals surface area (Å²) in [7, 11) is 0. The maximum absolute atomic E-state index is 9.45. The lowest BCUT2D eigenvalue weighted by Gasteiger charge is -2.21. The van der Waals surface area contributed by atoms with Gasteiger partial charge in [-0.05, 0) is 38.8 Å². The van der Waals surface area contributed by atoms with Crippen molar-refractivity contribution in [2.45, 2.75) is 57.5 Å². The molecule has 0 radical (unpaired) electrons. The summed E-state index contributed by atoms with van der Waals surface area (Å²) in [6.07, 6.45) is 8.18. The third-order valence-electron chi connectivity index (χ3n) is 4.74. The normalized spacial score (nSPS) is 27.7. The van der Waals surface area contributed by atoms with E-state index in [1.54, 1.807) is 0 Å². The Labute approximate surface area is 115 Å². The molecule has 0 aliphatic carbocycles. The van der Waals surface area contributed by atoms with Crippen molar-refractivity contribution in [3.8, 4) is 0 Å². The first-order valence-electron chi connectivity index (χ1n) is 7.72. The summed E-state index contributed by atoms with van der Waals surface area (Å²) in [4.78, 5) is 7.38. The molecule has 1 aromatic rings. The number of rotatable bonds is 4. The second-order valence-electron chi connectivity index (χ2n) is 5.93. The fourth-order valence-electron chi connectivity index (χ4n) is 3.68. The molecule has 1 N–H and O–H groups in total. The molecule has 19 heavy (non-hydrogen) atoms. The molecule has 0 amide bonds. The van der Waals surface area contributed by atoms with E-state index >= 15 is 0 Å². The van der Waals surface area contributed by atoms with Gasteiger partial charge in [-0.25, -0.2) is 4.98 Å². The highest BCUT2D eigenvalue weighted by Gasteiger charge is 2.26. The number of aliphatic hydroxyl groups is 1. The zero-order valence-corrected chi connectivity index (χ0v) is 11.9. The van der Waals surface area contributed by atoms with Crippen LogP contribution in [0.4, 0.5) is 0 Å². The smallest absolute Gasteiger partial charge is 0.114 e. The zero-order chi connectivity index (χ0) is 13.2. The summed E-state index contributed by atoms with van der Waals surface area (Å²) in [5.41, 5.74) is 1.22. The van der Waals surface area contributed by atoms with E-state index in [1.165, 1.54) is 31.5 Å². The van der Waals surface area contributed by atoms with E-state index < -0.39 is 0 Å². The number of hydrogen-bond donors (Lipinski definition) is 1. The van der Waals surface area contributed by atoms with Crippen LogP contribution >= 0.6 is 0 Å². The SMILES string of the molecule is CCN1CCCC1Cc1cn2c(n1)C(CO)CCC2. The fraction of sp³-hybridized carbons (Fsp3) is 0.800. The summed E-state index contributed by atoms with van der Waals surface area (Å²) in [5.74, 6) is 1.37. The van der Waals surface area contributed by atoms with Gasteiger partial charge in [-0.2, -0.15) is 0 Å². The molecule has 0 saturated carbocycles. The number of nitrogens with zero attached hydrogens (tertiary/aromatic N) is 3. The molecule has 0 spiro atoms. The molecule has 4 nitrogen and oxygen atoms in total. The number of aromatic nitrogens is 2. The van der Waals surface area contributed by atoms with Crippen LogP contribution < -0.4 is 0 Å². The van der Waals surface area contributed by atoms with Gasteiger partial charge in [0, 0.05) is 31.1 Å². The van der Waals surface area contributed by atoms with E-state index in [1.807, 2.05) is 0 Å². The van der Waals surface area contributed by atoms with Crippen molar-refractivity contribution >= 4 is 0 Å². The van der Waals surface area contributed by atoms with Crippen LogP contribution in [0.3, 0.4) is 0 Å². The van der Waals surface area contributed by atoms with Gasteiger partial charge in [-0.3, -0.25) is 0 Å². The Bertz CT molecular complexity index is 429.